The number of nitrogens with zero attached hydrogens (tertiary/aromatic N) is 2. The van der Waals surface area contributed by atoms with Crippen LogP contribution < -0.4 is 11.5 Å². The molecule has 1 rings (SSSR count). The predicted octanol–water partition coefficient (Wildman–Crippen LogP) is 0.267. The van der Waals surface area contributed by atoms with Crippen molar-refractivity contribution in [2.75, 3.05) is 5.75 Å². The van der Waals surface area contributed by atoms with Crippen molar-refractivity contribution in [3.05, 3.63) is 0 Å². The maximum absolute atomic E-state index is 11.3. The van der Waals surface area contributed by atoms with Gasteiger partial charge in [-0.1, -0.05) is 6.92 Å². The van der Waals surface area contributed by atoms with Crippen molar-refractivity contribution >= 4 is 29.5 Å². The van der Waals surface area contributed by atoms with Gasteiger partial charge in [0.2, 0.25) is 11.8 Å². The first kappa shape index (κ1) is 14.8. The molecule has 0 aromatic carbocycles. The molecule has 4 N–H and O–H groups in total. The minimum Gasteiger partial charge on any atom is -0.370 e. The standard InChI is InChI=1S/C11H20N4O2S/c1-3-18-9(14-11(12)13)5-4-8-6-10(17)15(8)7(2)16/h8-9H,3-6H2,1-2H3,(H4,12,13,14). The number of carbonyl (C=O) groups is 2. The lowest BCUT2D eigenvalue weighted by Crippen LogP contribution is -2.54. The number of β-lactam (4-membered cyclic amide) rings is 1. The number of likely N-dealkylation sites (tertiary alicyclic amines) is 1. The molecular weight excluding hydrogens is 252 g/mol. The van der Waals surface area contributed by atoms with Crippen LogP contribution >= 0.6 is 11.8 Å². The molecule has 0 bridgehead atoms. The largest absolute Gasteiger partial charge is 0.370 e. The van der Waals surface area contributed by atoms with Crippen molar-refractivity contribution in [2.24, 2.45) is 16.5 Å². The molecular formula is C11H20N4O2S. The minimum atomic E-state index is -0.183. The van der Waals surface area contributed by atoms with Crippen LogP contribution in [0.25, 0.3) is 0 Å². The number of hydrogen-bond acceptors (Lipinski definition) is 4. The quantitative estimate of drug-likeness (QED) is 0.410. The Bertz CT molecular complexity index is 347. The number of imide groups is 1. The average Bonchev–Trinajstić information content (AvgIpc) is 2.21. The van der Waals surface area contributed by atoms with Crippen LogP contribution in [-0.2, 0) is 9.59 Å². The van der Waals surface area contributed by atoms with Gasteiger partial charge >= 0.3 is 0 Å². The van der Waals surface area contributed by atoms with Crippen LogP contribution in [0.15, 0.2) is 4.99 Å². The van der Waals surface area contributed by atoms with E-state index in [1.54, 1.807) is 11.8 Å². The number of guanidine groups is 1. The van der Waals surface area contributed by atoms with Gasteiger partial charge in [-0.3, -0.25) is 14.5 Å². The Hall–Kier alpha value is -1.24. The Balaban J connectivity index is 2.45. The third-order valence-electron chi connectivity index (χ3n) is 2.78. The van der Waals surface area contributed by atoms with E-state index in [2.05, 4.69) is 4.99 Å². The zero-order valence-corrected chi connectivity index (χ0v) is 11.6. The molecule has 0 aromatic heterocycles. The molecule has 2 atom stereocenters. The zero-order valence-electron chi connectivity index (χ0n) is 10.8. The van der Waals surface area contributed by atoms with Gasteiger partial charge in [0.15, 0.2) is 5.96 Å². The molecule has 0 spiro atoms. The molecule has 102 valence electrons. The molecule has 18 heavy (non-hydrogen) atoms. The second-order valence-electron chi connectivity index (χ2n) is 4.18. The summed E-state index contributed by atoms with van der Waals surface area (Å²) in [4.78, 5) is 27.9. The fourth-order valence-electron chi connectivity index (χ4n) is 2.03. The van der Waals surface area contributed by atoms with Crippen molar-refractivity contribution in [3.8, 4) is 0 Å². The molecule has 0 radical (unpaired) electrons. The van der Waals surface area contributed by atoms with E-state index in [0.29, 0.717) is 6.42 Å². The van der Waals surface area contributed by atoms with Gasteiger partial charge in [-0.25, -0.2) is 4.99 Å². The lowest BCUT2D eigenvalue weighted by Gasteiger charge is -2.38. The van der Waals surface area contributed by atoms with E-state index >= 15 is 0 Å². The lowest BCUT2D eigenvalue weighted by molar-refractivity contribution is -0.157. The van der Waals surface area contributed by atoms with Crippen LogP contribution in [-0.4, -0.2) is 39.8 Å². The van der Waals surface area contributed by atoms with E-state index in [4.69, 9.17) is 11.5 Å². The van der Waals surface area contributed by atoms with Gasteiger partial charge in [0.25, 0.3) is 0 Å². The average molecular weight is 272 g/mol. The highest BCUT2D eigenvalue weighted by Gasteiger charge is 2.38. The molecule has 1 aliphatic heterocycles. The van der Waals surface area contributed by atoms with Gasteiger partial charge in [-0.2, -0.15) is 0 Å². The molecule has 0 saturated carbocycles. The van der Waals surface area contributed by atoms with E-state index in [0.717, 1.165) is 18.6 Å². The number of rotatable bonds is 6. The van der Waals surface area contributed by atoms with E-state index < -0.39 is 0 Å². The van der Waals surface area contributed by atoms with Crippen LogP contribution in [0.3, 0.4) is 0 Å². The molecule has 2 amide bonds. The Labute approximate surface area is 111 Å². The van der Waals surface area contributed by atoms with Crippen LogP contribution in [0.2, 0.25) is 0 Å². The third kappa shape index (κ3) is 3.90. The summed E-state index contributed by atoms with van der Waals surface area (Å²) in [5.41, 5.74) is 10.7. The summed E-state index contributed by atoms with van der Waals surface area (Å²) in [5, 5.41) is 0.00418. The van der Waals surface area contributed by atoms with Gasteiger partial charge in [-0.15, -0.1) is 11.8 Å². The van der Waals surface area contributed by atoms with Crippen LogP contribution in [0.4, 0.5) is 0 Å². The number of hydrogen-bond donors (Lipinski definition) is 2. The molecule has 7 heteroatoms. The lowest BCUT2D eigenvalue weighted by atomic mass is 9.97. The number of carbonyl (C=O) groups excluding carboxylic acids is 2. The molecule has 1 saturated heterocycles. The van der Waals surface area contributed by atoms with E-state index in [1.165, 1.54) is 11.8 Å². The summed E-state index contributed by atoms with van der Waals surface area (Å²) in [5.74, 6) is 0.724. The first-order valence-corrected chi connectivity index (χ1v) is 7.03. The summed E-state index contributed by atoms with van der Waals surface area (Å²) in [6, 6.07) is 0.0177. The molecule has 6 nitrogen and oxygen atoms in total. The SMILES string of the molecule is CCSC(CCC1CC(=O)N1C(C)=O)N=C(N)N. The van der Waals surface area contributed by atoms with E-state index in [9.17, 15) is 9.59 Å². The Morgan fingerprint density at radius 2 is 2.28 bits per heavy atom. The summed E-state index contributed by atoms with van der Waals surface area (Å²) in [6.07, 6.45) is 1.96. The monoisotopic (exact) mass is 272 g/mol. The summed E-state index contributed by atoms with van der Waals surface area (Å²) in [7, 11) is 0. The van der Waals surface area contributed by atoms with Gasteiger partial charge in [0.05, 0.1) is 5.37 Å². The van der Waals surface area contributed by atoms with E-state index in [-0.39, 0.29) is 29.2 Å². The Morgan fingerprint density at radius 1 is 1.61 bits per heavy atom. The predicted molar refractivity (Wildman–Crippen MR) is 72.9 cm³/mol. The van der Waals surface area contributed by atoms with Gasteiger partial charge in [-0.05, 0) is 18.6 Å². The molecule has 0 aromatic rings. The maximum Gasteiger partial charge on any atom is 0.231 e. The van der Waals surface area contributed by atoms with Gasteiger partial charge in [0.1, 0.15) is 0 Å². The fourth-order valence-corrected chi connectivity index (χ4v) is 2.91. The fraction of sp³-hybridized carbons (Fsp3) is 0.727. The van der Waals surface area contributed by atoms with Crippen molar-refractivity contribution < 1.29 is 9.59 Å². The highest BCUT2D eigenvalue weighted by molar-refractivity contribution is 7.99. The summed E-state index contributed by atoms with van der Waals surface area (Å²) < 4.78 is 0. The van der Waals surface area contributed by atoms with Crippen LogP contribution in [0, 0.1) is 0 Å². The maximum atomic E-state index is 11.3. The highest BCUT2D eigenvalue weighted by atomic mass is 32.2. The first-order valence-electron chi connectivity index (χ1n) is 5.98. The zero-order chi connectivity index (χ0) is 13.7. The van der Waals surface area contributed by atoms with E-state index in [1.807, 2.05) is 6.92 Å². The third-order valence-corrected chi connectivity index (χ3v) is 3.84. The Morgan fingerprint density at radius 3 is 2.72 bits per heavy atom. The molecule has 1 aliphatic rings. The number of amides is 2. The number of aliphatic imine (C=N–C) groups is 1. The van der Waals surface area contributed by atoms with Crippen molar-refractivity contribution in [1.82, 2.24) is 4.90 Å². The van der Waals surface area contributed by atoms with Crippen molar-refractivity contribution in [3.63, 3.8) is 0 Å². The molecule has 2 unspecified atom stereocenters. The normalized spacial score (nSPS) is 20.2. The number of thioether (sulfide) groups is 1. The topological polar surface area (TPSA) is 102 Å². The Kier molecular flexibility index (Phi) is 5.46. The highest BCUT2D eigenvalue weighted by Crippen LogP contribution is 2.27. The van der Waals surface area contributed by atoms with Gasteiger partial charge in [0, 0.05) is 19.4 Å². The minimum absolute atomic E-state index is 0.00418. The molecule has 1 heterocycles. The summed E-state index contributed by atoms with van der Waals surface area (Å²) >= 11 is 1.66. The second kappa shape index (κ2) is 6.63. The summed E-state index contributed by atoms with van der Waals surface area (Å²) in [6.45, 7) is 3.45. The second-order valence-corrected chi connectivity index (χ2v) is 5.64. The van der Waals surface area contributed by atoms with Crippen LogP contribution in [0.5, 0.6) is 0 Å². The smallest absolute Gasteiger partial charge is 0.231 e. The van der Waals surface area contributed by atoms with Gasteiger partial charge < -0.3 is 11.5 Å². The van der Waals surface area contributed by atoms with Crippen molar-refractivity contribution in [2.45, 2.75) is 44.5 Å². The molecule has 1 fully saturated rings. The first-order chi connectivity index (χ1) is 8.45. The number of nitrogens with two attached hydrogens (primary N) is 2. The van der Waals surface area contributed by atoms with Crippen molar-refractivity contribution in [1.29, 1.82) is 0 Å². The van der Waals surface area contributed by atoms with Crippen LogP contribution in [0.1, 0.15) is 33.1 Å². The molecule has 0 aliphatic carbocycles.